The Bertz CT molecular complexity index is 692. The molecular weight excluding hydrogens is 354 g/mol. The Morgan fingerprint density at radius 2 is 1.92 bits per heavy atom. The Labute approximate surface area is 148 Å². The van der Waals surface area contributed by atoms with Crippen molar-refractivity contribution in [2.75, 3.05) is 6.54 Å². The van der Waals surface area contributed by atoms with Gasteiger partial charge in [-0.25, -0.2) is 0 Å². The molecule has 0 radical (unpaired) electrons. The van der Waals surface area contributed by atoms with Crippen LogP contribution in [0.15, 0.2) is 18.2 Å². The van der Waals surface area contributed by atoms with Crippen LogP contribution in [0, 0.1) is 10.1 Å². The molecule has 0 saturated carbocycles. The molecule has 10 heteroatoms. The Kier molecular flexibility index (Phi) is 7.31. The van der Waals surface area contributed by atoms with Crippen LogP contribution in [0.25, 0.3) is 0 Å². The van der Waals surface area contributed by atoms with Gasteiger partial charge in [0, 0.05) is 17.7 Å². The Balaban J connectivity index is 2.59. The van der Waals surface area contributed by atoms with Crippen molar-refractivity contribution in [1.29, 1.82) is 0 Å². The Morgan fingerprint density at radius 1 is 1.28 bits per heavy atom. The summed E-state index contributed by atoms with van der Waals surface area (Å²) in [5.74, 6) is -1.98. The second-order valence-electron chi connectivity index (χ2n) is 5.40. The van der Waals surface area contributed by atoms with Gasteiger partial charge in [0.2, 0.25) is 0 Å². The van der Waals surface area contributed by atoms with E-state index in [9.17, 15) is 24.5 Å². The summed E-state index contributed by atoms with van der Waals surface area (Å²) in [4.78, 5) is 45.3. The van der Waals surface area contributed by atoms with E-state index in [1.807, 2.05) is 0 Å². The molecule has 0 heterocycles. The zero-order chi connectivity index (χ0) is 19.1. The third kappa shape index (κ3) is 6.38. The third-order valence-electron chi connectivity index (χ3n) is 2.91. The highest BCUT2D eigenvalue weighted by Gasteiger charge is 2.20. The predicted octanol–water partition coefficient (Wildman–Crippen LogP) is 1.43. The summed E-state index contributed by atoms with van der Waals surface area (Å²) in [6.45, 7) is 4.44. The van der Waals surface area contributed by atoms with Crippen molar-refractivity contribution >= 4 is 35.1 Å². The second kappa shape index (κ2) is 8.97. The number of amides is 2. The maximum Gasteiger partial charge on any atom is 0.326 e. The molecule has 0 bridgehead atoms. The normalized spacial score (nSPS) is 11.6. The first-order valence-corrected chi connectivity index (χ1v) is 7.71. The van der Waals surface area contributed by atoms with Crippen molar-refractivity contribution in [3.8, 4) is 0 Å². The minimum Gasteiger partial charge on any atom is -0.451 e. The van der Waals surface area contributed by atoms with E-state index in [-0.39, 0.29) is 16.6 Å². The lowest BCUT2D eigenvalue weighted by atomic mass is 10.2. The monoisotopic (exact) mass is 371 g/mol. The van der Waals surface area contributed by atoms with E-state index in [1.54, 1.807) is 13.8 Å². The van der Waals surface area contributed by atoms with E-state index >= 15 is 0 Å². The lowest BCUT2D eigenvalue weighted by Gasteiger charge is -2.15. The van der Waals surface area contributed by atoms with Gasteiger partial charge in [-0.3, -0.25) is 24.5 Å². The lowest BCUT2D eigenvalue weighted by Crippen LogP contribution is -2.41. The van der Waals surface area contributed by atoms with Gasteiger partial charge in [0.05, 0.1) is 4.92 Å². The summed E-state index contributed by atoms with van der Waals surface area (Å²) in [5.41, 5.74) is -0.453. The summed E-state index contributed by atoms with van der Waals surface area (Å²) < 4.78 is 4.89. The number of nitro benzene ring substituents is 1. The minimum atomic E-state index is -1.01. The fourth-order valence-corrected chi connectivity index (χ4v) is 1.93. The molecule has 1 unspecified atom stereocenters. The van der Waals surface area contributed by atoms with E-state index in [0.29, 0.717) is 0 Å². The highest BCUT2D eigenvalue weighted by Crippen LogP contribution is 2.24. The van der Waals surface area contributed by atoms with Gasteiger partial charge in [0.15, 0.2) is 6.10 Å². The Hall–Kier alpha value is -2.68. The molecule has 0 aliphatic rings. The SMILES string of the molecule is CC(C)NC(=O)C(C)OC(=O)CNC(=O)c1ccc(Cl)c([N+](=O)[O-])c1. The summed E-state index contributed by atoms with van der Waals surface area (Å²) in [5, 5.41) is 15.5. The van der Waals surface area contributed by atoms with Gasteiger partial charge in [-0.2, -0.15) is 0 Å². The van der Waals surface area contributed by atoms with E-state index in [4.69, 9.17) is 16.3 Å². The summed E-state index contributed by atoms with van der Waals surface area (Å²) in [6.07, 6.45) is -1.01. The maximum atomic E-state index is 11.9. The van der Waals surface area contributed by atoms with Crippen LogP contribution in [0.2, 0.25) is 5.02 Å². The number of hydrogen-bond donors (Lipinski definition) is 2. The largest absolute Gasteiger partial charge is 0.451 e. The van der Waals surface area contributed by atoms with Crippen LogP contribution in [0.3, 0.4) is 0 Å². The highest BCUT2D eigenvalue weighted by molar-refractivity contribution is 6.32. The molecule has 0 aliphatic carbocycles. The number of esters is 1. The molecule has 0 aliphatic heterocycles. The minimum absolute atomic E-state index is 0.0329. The summed E-state index contributed by atoms with van der Waals surface area (Å²) in [6, 6.07) is 3.40. The number of nitro groups is 1. The molecule has 1 rings (SSSR count). The summed E-state index contributed by atoms with van der Waals surface area (Å²) in [7, 11) is 0. The number of carbonyl (C=O) groups excluding carboxylic acids is 3. The highest BCUT2D eigenvalue weighted by atomic mass is 35.5. The van der Waals surface area contributed by atoms with Crippen LogP contribution in [-0.2, 0) is 14.3 Å². The lowest BCUT2D eigenvalue weighted by molar-refractivity contribution is -0.384. The molecule has 0 spiro atoms. The van der Waals surface area contributed by atoms with Crippen LogP contribution in [0.4, 0.5) is 5.69 Å². The molecule has 0 fully saturated rings. The zero-order valence-electron chi connectivity index (χ0n) is 13.9. The molecule has 1 aromatic rings. The first kappa shape index (κ1) is 20.4. The standard InChI is InChI=1S/C15H18ClN3O6/c1-8(2)18-14(21)9(3)25-13(20)7-17-15(22)10-4-5-11(16)12(6-10)19(23)24/h4-6,8-9H,7H2,1-3H3,(H,17,22)(H,18,21). The topological polar surface area (TPSA) is 128 Å². The zero-order valence-corrected chi connectivity index (χ0v) is 14.6. The molecule has 1 aromatic carbocycles. The molecule has 9 nitrogen and oxygen atoms in total. The third-order valence-corrected chi connectivity index (χ3v) is 3.23. The van der Waals surface area contributed by atoms with E-state index < -0.39 is 41.0 Å². The number of hydrogen-bond acceptors (Lipinski definition) is 6. The van der Waals surface area contributed by atoms with Gasteiger partial charge >= 0.3 is 5.97 Å². The van der Waals surface area contributed by atoms with Gasteiger partial charge in [-0.05, 0) is 32.9 Å². The molecule has 2 N–H and O–H groups in total. The molecule has 1 atom stereocenters. The van der Waals surface area contributed by atoms with Crippen molar-refractivity contribution in [1.82, 2.24) is 10.6 Å². The molecule has 2 amide bonds. The first-order valence-electron chi connectivity index (χ1n) is 7.33. The van der Waals surface area contributed by atoms with Crippen molar-refractivity contribution < 1.29 is 24.0 Å². The van der Waals surface area contributed by atoms with Crippen molar-refractivity contribution in [2.45, 2.75) is 32.9 Å². The van der Waals surface area contributed by atoms with Gasteiger partial charge in [-0.15, -0.1) is 0 Å². The van der Waals surface area contributed by atoms with E-state index in [1.165, 1.54) is 19.1 Å². The quantitative estimate of drug-likeness (QED) is 0.424. The van der Waals surface area contributed by atoms with Gasteiger partial charge in [0.25, 0.3) is 17.5 Å². The number of nitrogens with one attached hydrogen (secondary N) is 2. The fraction of sp³-hybridized carbons (Fsp3) is 0.400. The van der Waals surface area contributed by atoms with Crippen LogP contribution in [0.1, 0.15) is 31.1 Å². The maximum absolute atomic E-state index is 11.9. The van der Waals surface area contributed by atoms with Gasteiger partial charge in [-0.1, -0.05) is 11.6 Å². The van der Waals surface area contributed by atoms with Crippen LogP contribution >= 0.6 is 11.6 Å². The van der Waals surface area contributed by atoms with E-state index in [2.05, 4.69) is 10.6 Å². The number of benzene rings is 1. The number of halogens is 1. The molecular formula is C15H18ClN3O6. The fourth-order valence-electron chi connectivity index (χ4n) is 1.74. The number of nitrogens with zero attached hydrogens (tertiary/aromatic N) is 1. The van der Waals surface area contributed by atoms with E-state index in [0.717, 1.165) is 6.07 Å². The number of rotatable bonds is 7. The van der Waals surface area contributed by atoms with Crippen LogP contribution in [-0.4, -0.2) is 41.4 Å². The molecule has 25 heavy (non-hydrogen) atoms. The smallest absolute Gasteiger partial charge is 0.326 e. The van der Waals surface area contributed by atoms with Gasteiger partial charge < -0.3 is 15.4 Å². The Morgan fingerprint density at radius 3 is 2.48 bits per heavy atom. The average molecular weight is 372 g/mol. The van der Waals surface area contributed by atoms with Crippen LogP contribution < -0.4 is 10.6 Å². The van der Waals surface area contributed by atoms with Crippen LogP contribution in [0.5, 0.6) is 0 Å². The first-order chi connectivity index (χ1) is 11.6. The second-order valence-corrected chi connectivity index (χ2v) is 5.81. The van der Waals surface area contributed by atoms with Gasteiger partial charge in [0.1, 0.15) is 11.6 Å². The number of carbonyl (C=O) groups is 3. The molecule has 0 saturated heterocycles. The molecule has 0 aromatic heterocycles. The van der Waals surface area contributed by atoms with Crippen molar-refractivity contribution in [3.63, 3.8) is 0 Å². The molecule has 136 valence electrons. The van der Waals surface area contributed by atoms with Crippen molar-refractivity contribution in [2.24, 2.45) is 0 Å². The van der Waals surface area contributed by atoms with Crippen molar-refractivity contribution in [3.05, 3.63) is 38.9 Å². The predicted molar refractivity (Wildman–Crippen MR) is 89.3 cm³/mol. The average Bonchev–Trinajstić information content (AvgIpc) is 2.51. The summed E-state index contributed by atoms with van der Waals surface area (Å²) >= 11 is 5.66. The number of ether oxygens (including phenoxy) is 1.